The molecule has 0 saturated carbocycles. The van der Waals surface area contributed by atoms with Crippen LogP contribution in [0.15, 0.2) is 6.07 Å². The van der Waals surface area contributed by atoms with Crippen molar-refractivity contribution in [1.29, 1.82) is 0 Å². The van der Waals surface area contributed by atoms with Gasteiger partial charge in [-0.1, -0.05) is 0 Å². The van der Waals surface area contributed by atoms with Crippen molar-refractivity contribution >= 4 is 5.82 Å². The third kappa shape index (κ3) is 3.85. The van der Waals surface area contributed by atoms with E-state index in [0.717, 1.165) is 12.4 Å². The summed E-state index contributed by atoms with van der Waals surface area (Å²) in [6.07, 6.45) is 0. The summed E-state index contributed by atoms with van der Waals surface area (Å²) < 4.78 is 5.43. The number of rotatable bonds is 6. The number of nitrogens with zero attached hydrogens (tertiary/aromatic N) is 3. The average molecular weight is 238 g/mol. The van der Waals surface area contributed by atoms with E-state index in [4.69, 9.17) is 10.5 Å². The van der Waals surface area contributed by atoms with Crippen LogP contribution in [-0.4, -0.2) is 35.7 Å². The number of nitrogens with two attached hydrogens (primary N) is 1. The smallest absolute Gasteiger partial charge is 0.218 e. The Morgan fingerprint density at radius 3 is 2.65 bits per heavy atom. The Hall–Kier alpha value is -1.36. The van der Waals surface area contributed by atoms with Gasteiger partial charge in [0.15, 0.2) is 0 Å². The molecule has 17 heavy (non-hydrogen) atoms. The molecule has 96 valence electrons. The van der Waals surface area contributed by atoms with Crippen molar-refractivity contribution in [1.82, 2.24) is 9.97 Å². The molecule has 0 saturated heterocycles. The molecule has 1 heterocycles. The Morgan fingerprint density at radius 1 is 1.41 bits per heavy atom. The molecule has 0 aromatic carbocycles. The SMILES string of the molecule is CCOc1cc(N(CCN)C(C)C)nc(C)n1. The zero-order chi connectivity index (χ0) is 12.8. The Labute approximate surface area is 103 Å². The largest absolute Gasteiger partial charge is 0.478 e. The van der Waals surface area contributed by atoms with Crippen molar-refractivity contribution in [3.63, 3.8) is 0 Å². The molecule has 0 bridgehead atoms. The fraction of sp³-hybridized carbons (Fsp3) is 0.667. The van der Waals surface area contributed by atoms with Crippen LogP contribution < -0.4 is 15.4 Å². The second kappa shape index (κ2) is 6.39. The van der Waals surface area contributed by atoms with Gasteiger partial charge in [-0.15, -0.1) is 0 Å². The first-order valence-corrected chi connectivity index (χ1v) is 6.03. The summed E-state index contributed by atoms with van der Waals surface area (Å²) in [6.45, 7) is 10.0. The summed E-state index contributed by atoms with van der Waals surface area (Å²) in [5.74, 6) is 2.22. The second-order valence-electron chi connectivity index (χ2n) is 4.12. The van der Waals surface area contributed by atoms with Gasteiger partial charge in [0.2, 0.25) is 5.88 Å². The lowest BCUT2D eigenvalue weighted by Gasteiger charge is -2.27. The van der Waals surface area contributed by atoms with Crippen molar-refractivity contribution in [3.05, 3.63) is 11.9 Å². The van der Waals surface area contributed by atoms with Crippen LogP contribution in [0, 0.1) is 6.92 Å². The Morgan fingerprint density at radius 2 is 2.12 bits per heavy atom. The van der Waals surface area contributed by atoms with E-state index in [2.05, 4.69) is 28.7 Å². The van der Waals surface area contributed by atoms with Crippen molar-refractivity contribution in [2.45, 2.75) is 33.7 Å². The van der Waals surface area contributed by atoms with Crippen molar-refractivity contribution in [3.8, 4) is 5.88 Å². The highest BCUT2D eigenvalue weighted by atomic mass is 16.5. The maximum atomic E-state index is 5.62. The molecule has 1 rings (SSSR count). The minimum atomic E-state index is 0.349. The molecule has 0 spiro atoms. The molecule has 0 unspecified atom stereocenters. The van der Waals surface area contributed by atoms with E-state index in [9.17, 15) is 0 Å². The summed E-state index contributed by atoms with van der Waals surface area (Å²) in [7, 11) is 0. The number of hydrogen-bond acceptors (Lipinski definition) is 5. The van der Waals surface area contributed by atoms with Crippen LogP contribution in [0.2, 0.25) is 0 Å². The zero-order valence-corrected chi connectivity index (χ0v) is 11.1. The van der Waals surface area contributed by atoms with Crippen LogP contribution >= 0.6 is 0 Å². The average Bonchev–Trinajstić information content (AvgIpc) is 2.25. The second-order valence-corrected chi connectivity index (χ2v) is 4.12. The van der Waals surface area contributed by atoms with Gasteiger partial charge in [-0.3, -0.25) is 0 Å². The molecule has 0 aliphatic rings. The minimum absolute atomic E-state index is 0.349. The Balaban J connectivity index is 3.00. The predicted octanol–water partition coefficient (Wildman–Crippen LogP) is 1.36. The topological polar surface area (TPSA) is 64.3 Å². The molecule has 0 atom stereocenters. The summed E-state index contributed by atoms with van der Waals surface area (Å²) in [4.78, 5) is 10.8. The van der Waals surface area contributed by atoms with Crippen LogP contribution in [0.3, 0.4) is 0 Å². The van der Waals surface area contributed by atoms with Gasteiger partial charge >= 0.3 is 0 Å². The Kier molecular flexibility index (Phi) is 5.15. The summed E-state index contributed by atoms with van der Waals surface area (Å²) in [6, 6.07) is 2.22. The molecule has 1 aromatic rings. The lowest BCUT2D eigenvalue weighted by Crippen LogP contribution is -2.36. The molecular formula is C12H22N4O. The van der Waals surface area contributed by atoms with E-state index in [1.54, 1.807) is 0 Å². The lowest BCUT2D eigenvalue weighted by atomic mass is 10.3. The summed E-state index contributed by atoms with van der Waals surface area (Å²) in [5.41, 5.74) is 5.62. The molecule has 5 heteroatoms. The van der Waals surface area contributed by atoms with E-state index in [1.807, 2.05) is 19.9 Å². The van der Waals surface area contributed by atoms with Gasteiger partial charge in [-0.05, 0) is 27.7 Å². The van der Waals surface area contributed by atoms with Gasteiger partial charge in [0.1, 0.15) is 11.6 Å². The maximum Gasteiger partial charge on any atom is 0.218 e. The highest BCUT2D eigenvalue weighted by Gasteiger charge is 2.13. The lowest BCUT2D eigenvalue weighted by molar-refractivity contribution is 0.325. The molecule has 2 N–H and O–H groups in total. The quantitative estimate of drug-likeness (QED) is 0.810. The van der Waals surface area contributed by atoms with Gasteiger partial charge in [0.25, 0.3) is 0 Å². The van der Waals surface area contributed by atoms with Gasteiger partial charge in [0.05, 0.1) is 6.61 Å². The third-order valence-corrected chi connectivity index (χ3v) is 2.38. The van der Waals surface area contributed by atoms with Gasteiger partial charge in [-0.25, -0.2) is 4.98 Å². The van der Waals surface area contributed by atoms with Gasteiger partial charge in [-0.2, -0.15) is 4.98 Å². The first-order valence-electron chi connectivity index (χ1n) is 6.03. The van der Waals surface area contributed by atoms with Gasteiger partial charge in [0, 0.05) is 25.2 Å². The first-order chi connectivity index (χ1) is 8.08. The highest BCUT2D eigenvalue weighted by Crippen LogP contribution is 2.19. The molecule has 0 radical (unpaired) electrons. The van der Waals surface area contributed by atoms with Gasteiger partial charge < -0.3 is 15.4 Å². The molecule has 5 nitrogen and oxygen atoms in total. The number of aromatic nitrogens is 2. The first kappa shape index (κ1) is 13.7. The fourth-order valence-electron chi connectivity index (χ4n) is 1.67. The standard InChI is InChI=1S/C12H22N4O/c1-5-17-12-8-11(14-10(4)15-12)16(7-6-13)9(2)3/h8-9H,5-7,13H2,1-4H3. The molecule has 0 fully saturated rings. The molecular weight excluding hydrogens is 216 g/mol. The number of anilines is 1. The molecule has 0 amide bonds. The van der Waals surface area contributed by atoms with Crippen molar-refractivity contribution in [2.75, 3.05) is 24.6 Å². The number of aryl methyl sites for hydroxylation is 1. The normalized spacial score (nSPS) is 10.7. The third-order valence-electron chi connectivity index (χ3n) is 2.38. The zero-order valence-electron chi connectivity index (χ0n) is 11.1. The summed E-state index contributed by atoms with van der Waals surface area (Å²) >= 11 is 0. The van der Waals surface area contributed by atoms with E-state index >= 15 is 0 Å². The van der Waals surface area contributed by atoms with Crippen LogP contribution in [0.25, 0.3) is 0 Å². The van der Waals surface area contributed by atoms with Crippen LogP contribution in [0.5, 0.6) is 5.88 Å². The van der Waals surface area contributed by atoms with E-state index in [1.165, 1.54) is 0 Å². The van der Waals surface area contributed by atoms with Crippen LogP contribution in [0.4, 0.5) is 5.82 Å². The summed E-state index contributed by atoms with van der Waals surface area (Å²) in [5, 5.41) is 0. The van der Waals surface area contributed by atoms with Crippen LogP contribution in [-0.2, 0) is 0 Å². The van der Waals surface area contributed by atoms with Crippen molar-refractivity contribution in [2.24, 2.45) is 5.73 Å². The molecule has 0 aliphatic heterocycles. The molecule has 0 aliphatic carbocycles. The van der Waals surface area contributed by atoms with Crippen LogP contribution in [0.1, 0.15) is 26.6 Å². The maximum absolute atomic E-state index is 5.62. The van der Waals surface area contributed by atoms with E-state index < -0.39 is 0 Å². The van der Waals surface area contributed by atoms with E-state index in [-0.39, 0.29) is 0 Å². The Bertz CT molecular complexity index is 354. The molecule has 1 aromatic heterocycles. The highest BCUT2D eigenvalue weighted by molar-refractivity contribution is 5.42. The fourth-order valence-corrected chi connectivity index (χ4v) is 1.67. The number of hydrogen-bond donors (Lipinski definition) is 1. The monoisotopic (exact) mass is 238 g/mol. The van der Waals surface area contributed by atoms with Crippen molar-refractivity contribution < 1.29 is 4.74 Å². The minimum Gasteiger partial charge on any atom is -0.478 e. The van der Waals surface area contributed by atoms with E-state index in [0.29, 0.717) is 30.9 Å². The predicted molar refractivity (Wildman–Crippen MR) is 69.5 cm³/mol. The number of ether oxygens (including phenoxy) is 1.